The van der Waals surface area contributed by atoms with Crippen molar-refractivity contribution in [1.82, 2.24) is 4.98 Å². The highest BCUT2D eigenvalue weighted by Crippen LogP contribution is 2.31. The number of fused-ring (bicyclic) bond motifs is 3. The SMILES string of the molecule is O=C(CSc1ccc(F)cc1)Nc1nc2c(ccc3ccccc32)s1. The summed E-state index contributed by atoms with van der Waals surface area (Å²) >= 11 is 2.83. The van der Waals surface area contributed by atoms with Gasteiger partial charge < -0.3 is 5.32 Å². The van der Waals surface area contributed by atoms with Gasteiger partial charge in [0, 0.05) is 10.3 Å². The minimum absolute atomic E-state index is 0.127. The summed E-state index contributed by atoms with van der Waals surface area (Å²) in [7, 11) is 0. The number of anilines is 1. The Hall–Kier alpha value is -2.44. The fourth-order valence-electron chi connectivity index (χ4n) is 2.55. The number of carbonyl (C=O) groups is 1. The number of thioether (sulfide) groups is 1. The van der Waals surface area contributed by atoms with Crippen molar-refractivity contribution in [3.05, 3.63) is 66.5 Å². The lowest BCUT2D eigenvalue weighted by molar-refractivity contribution is -0.113. The van der Waals surface area contributed by atoms with Gasteiger partial charge in [0.15, 0.2) is 5.13 Å². The highest BCUT2D eigenvalue weighted by atomic mass is 32.2. The van der Waals surface area contributed by atoms with E-state index in [0.717, 1.165) is 25.9 Å². The van der Waals surface area contributed by atoms with Gasteiger partial charge in [-0.2, -0.15) is 0 Å². The summed E-state index contributed by atoms with van der Waals surface area (Å²) in [6.07, 6.45) is 0. The Kier molecular flexibility index (Phi) is 4.38. The zero-order chi connectivity index (χ0) is 17.2. The van der Waals surface area contributed by atoms with Crippen LogP contribution in [0.25, 0.3) is 21.0 Å². The molecule has 6 heteroatoms. The van der Waals surface area contributed by atoms with E-state index in [1.807, 2.05) is 30.3 Å². The quantitative estimate of drug-likeness (QED) is 0.496. The second-order valence-electron chi connectivity index (χ2n) is 5.44. The molecule has 0 saturated carbocycles. The van der Waals surface area contributed by atoms with Crippen LogP contribution in [0.15, 0.2) is 65.6 Å². The number of nitrogens with one attached hydrogen (secondary N) is 1. The van der Waals surface area contributed by atoms with Crippen LogP contribution in [0.5, 0.6) is 0 Å². The van der Waals surface area contributed by atoms with Gasteiger partial charge in [-0.1, -0.05) is 41.7 Å². The molecule has 25 heavy (non-hydrogen) atoms. The van der Waals surface area contributed by atoms with Gasteiger partial charge in [-0.15, -0.1) is 11.8 Å². The summed E-state index contributed by atoms with van der Waals surface area (Å²) in [5.41, 5.74) is 0.907. The molecule has 0 aliphatic rings. The molecule has 0 aliphatic heterocycles. The van der Waals surface area contributed by atoms with E-state index in [1.54, 1.807) is 12.1 Å². The van der Waals surface area contributed by atoms with Crippen LogP contribution in [0.2, 0.25) is 0 Å². The van der Waals surface area contributed by atoms with Crippen LogP contribution in [0, 0.1) is 5.82 Å². The summed E-state index contributed by atoms with van der Waals surface area (Å²) in [6, 6.07) is 18.3. The largest absolute Gasteiger partial charge is 0.301 e. The molecule has 1 heterocycles. The van der Waals surface area contributed by atoms with Crippen molar-refractivity contribution in [2.24, 2.45) is 0 Å². The van der Waals surface area contributed by atoms with Crippen molar-refractivity contribution >= 4 is 55.1 Å². The number of rotatable bonds is 4. The van der Waals surface area contributed by atoms with Crippen LogP contribution in [-0.2, 0) is 4.79 Å². The minimum atomic E-state index is -0.282. The molecule has 3 nitrogen and oxygen atoms in total. The van der Waals surface area contributed by atoms with Gasteiger partial charge in [0.05, 0.1) is 16.0 Å². The average Bonchev–Trinajstić information content (AvgIpc) is 3.04. The van der Waals surface area contributed by atoms with E-state index in [9.17, 15) is 9.18 Å². The van der Waals surface area contributed by atoms with Gasteiger partial charge >= 0.3 is 0 Å². The monoisotopic (exact) mass is 368 g/mol. The van der Waals surface area contributed by atoms with E-state index >= 15 is 0 Å². The Bertz CT molecular complexity index is 1060. The number of nitrogens with zero attached hydrogens (tertiary/aromatic N) is 1. The second kappa shape index (κ2) is 6.82. The lowest BCUT2D eigenvalue weighted by Crippen LogP contribution is -2.13. The van der Waals surface area contributed by atoms with Crippen LogP contribution in [0.4, 0.5) is 9.52 Å². The Balaban J connectivity index is 1.49. The van der Waals surface area contributed by atoms with Crippen molar-refractivity contribution < 1.29 is 9.18 Å². The van der Waals surface area contributed by atoms with E-state index in [2.05, 4.69) is 16.4 Å². The number of thiazole rings is 1. The predicted molar refractivity (Wildman–Crippen MR) is 103 cm³/mol. The summed E-state index contributed by atoms with van der Waals surface area (Å²) < 4.78 is 13.9. The summed E-state index contributed by atoms with van der Waals surface area (Å²) in [5.74, 6) is -0.157. The number of hydrogen-bond acceptors (Lipinski definition) is 4. The number of carbonyl (C=O) groups excluding carboxylic acids is 1. The molecule has 0 bridgehead atoms. The number of amides is 1. The Labute approximate surface area is 151 Å². The lowest BCUT2D eigenvalue weighted by Gasteiger charge is -2.02. The number of hydrogen-bond donors (Lipinski definition) is 1. The maximum absolute atomic E-state index is 12.9. The van der Waals surface area contributed by atoms with Crippen LogP contribution >= 0.6 is 23.1 Å². The molecule has 1 aromatic heterocycles. The zero-order valence-electron chi connectivity index (χ0n) is 13.0. The number of benzene rings is 3. The van der Waals surface area contributed by atoms with Gasteiger partial charge in [-0.3, -0.25) is 4.79 Å². The highest BCUT2D eigenvalue weighted by Gasteiger charge is 2.10. The van der Waals surface area contributed by atoms with Crippen LogP contribution < -0.4 is 5.32 Å². The fraction of sp³-hybridized carbons (Fsp3) is 0.0526. The van der Waals surface area contributed by atoms with Crippen molar-refractivity contribution in [2.75, 3.05) is 11.1 Å². The third-order valence-corrected chi connectivity index (χ3v) is 5.66. The molecule has 0 spiro atoms. The lowest BCUT2D eigenvalue weighted by atomic mass is 10.1. The molecular weight excluding hydrogens is 355 g/mol. The first-order chi connectivity index (χ1) is 12.2. The third-order valence-electron chi connectivity index (χ3n) is 3.71. The first-order valence-electron chi connectivity index (χ1n) is 7.65. The molecule has 0 atom stereocenters. The second-order valence-corrected chi connectivity index (χ2v) is 7.52. The van der Waals surface area contributed by atoms with Gasteiger partial charge in [-0.25, -0.2) is 9.37 Å². The van der Waals surface area contributed by atoms with E-state index in [1.165, 1.54) is 35.2 Å². The topological polar surface area (TPSA) is 42.0 Å². The van der Waals surface area contributed by atoms with Gasteiger partial charge in [0.25, 0.3) is 0 Å². The van der Waals surface area contributed by atoms with Gasteiger partial charge in [0.1, 0.15) is 5.82 Å². The average molecular weight is 368 g/mol. The van der Waals surface area contributed by atoms with Crippen LogP contribution in [0.1, 0.15) is 0 Å². The normalized spacial score (nSPS) is 11.1. The van der Waals surface area contributed by atoms with Crippen LogP contribution in [0.3, 0.4) is 0 Å². The van der Waals surface area contributed by atoms with Crippen LogP contribution in [-0.4, -0.2) is 16.6 Å². The summed E-state index contributed by atoms with van der Waals surface area (Å²) in [5, 5.41) is 5.66. The summed E-state index contributed by atoms with van der Waals surface area (Å²) in [6.45, 7) is 0. The van der Waals surface area contributed by atoms with Crippen molar-refractivity contribution in [3.63, 3.8) is 0 Å². The molecule has 1 amide bonds. The molecule has 0 aliphatic carbocycles. The van der Waals surface area contributed by atoms with Gasteiger partial charge in [-0.05, 0) is 35.7 Å². The van der Waals surface area contributed by atoms with E-state index in [0.29, 0.717) is 5.13 Å². The van der Waals surface area contributed by atoms with E-state index in [4.69, 9.17) is 0 Å². The summed E-state index contributed by atoms with van der Waals surface area (Å²) in [4.78, 5) is 17.6. The Morgan fingerprint density at radius 2 is 1.88 bits per heavy atom. The predicted octanol–water partition coefficient (Wildman–Crippen LogP) is 5.32. The first kappa shape index (κ1) is 16.1. The number of aromatic nitrogens is 1. The standard InChI is InChI=1S/C19H13FN2OS2/c20-13-6-8-14(9-7-13)24-11-17(23)21-19-22-18-15-4-2-1-3-12(15)5-10-16(18)25-19/h1-10H,11H2,(H,21,22,23). The molecule has 0 saturated heterocycles. The molecule has 4 aromatic rings. The molecule has 0 fully saturated rings. The highest BCUT2D eigenvalue weighted by molar-refractivity contribution is 8.00. The zero-order valence-corrected chi connectivity index (χ0v) is 14.7. The fourth-order valence-corrected chi connectivity index (χ4v) is 4.15. The van der Waals surface area contributed by atoms with Crippen molar-refractivity contribution in [2.45, 2.75) is 4.90 Å². The molecule has 0 unspecified atom stereocenters. The first-order valence-corrected chi connectivity index (χ1v) is 9.46. The van der Waals surface area contributed by atoms with Crippen molar-refractivity contribution in [1.29, 1.82) is 0 Å². The van der Waals surface area contributed by atoms with Gasteiger partial charge in [0.2, 0.25) is 5.91 Å². The number of halogens is 1. The molecule has 0 radical (unpaired) electrons. The third kappa shape index (κ3) is 3.50. The molecule has 1 N–H and O–H groups in total. The van der Waals surface area contributed by atoms with E-state index < -0.39 is 0 Å². The molecule has 3 aromatic carbocycles. The molecule has 124 valence electrons. The van der Waals surface area contributed by atoms with E-state index in [-0.39, 0.29) is 17.5 Å². The minimum Gasteiger partial charge on any atom is -0.301 e. The molecular formula is C19H13FN2OS2. The Morgan fingerprint density at radius 3 is 2.72 bits per heavy atom. The van der Waals surface area contributed by atoms with Crippen molar-refractivity contribution in [3.8, 4) is 0 Å². The molecule has 4 rings (SSSR count). The smallest absolute Gasteiger partial charge is 0.236 e. The maximum atomic E-state index is 12.9. The maximum Gasteiger partial charge on any atom is 0.236 e. The Morgan fingerprint density at radius 1 is 1.08 bits per heavy atom.